The fourth-order valence-corrected chi connectivity index (χ4v) is 2.49. The first-order chi connectivity index (χ1) is 8.85. The fraction of sp³-hybridized carbons (Fsp3) is 0.250. The van der Waals surface area contributed by atoms with Gasteiger partial charge in [-0.1, -0.05) is 36.4 Å². The lowest BCUT2D eigenvalue weighted by Crippen LogP contribution is -2.01. The van der Waals surface area contributed by atoms with Crippen LogP contribution in [0.15, 0.2) is 53.4 Å². The monoisotopic (exact) mass is 257 g/mol. The van der Waals surface area contributed by atoms with Crippen molar-refractivity contribution in [2.45, 2.75) is 17.7 Å². The van der Waals surface area contributed by atoms with Gasteiger partial charge in [-0.2, -0.15) is 0 Å². The number of nitrogens with two attached hydrogens (primary N) is 1. The summed E-state index contributed by atoms with van der Waals surface area (Å²) in [5.41, 5.74) is 9.61. The van der Waals surface area contributed by atoms with Gasteiger partial charge in [-0.25, -0.2) is 0 Å². The molecule has 18 heavy (non-hydrogen) atoms. The minimum atomic E-state index is 0.750. The Balaban J connectivity index is 2.30. The smallest absolute Gasteiger partial charge is 0.00695 e. The fourth-order valence-electron chi connectivity index (χ4n) is 2.08. The SMILES string of the molecule is CSc1ccc(-c2ccccc2CCCN)cc1. The predicted octanol–water partition coefficient (Wildman–Crippen LogP) is 3.97. The molecule has 0 unspecified atom stereocenters. The molecule has 0 aliphatic rings. The molecule has 94 valence electrons. The Hall–Kier alpha value is -1.25. The second-order valence-electron chi connectivity index (χ2n) is 4.28. The highest BCUT2D eigenvalue weighted by Crippen LogP contribution is 2.26. The molecule has 2 N–H and O–H groups in total. The van der Waals surface area contributed by atoms with E-state index in [1.54, 1.807) is 11.8 Å². The molecule has 2 aromatic rings. The summed E-state index contributed by atoms with van der Waals surface area (Å²) < 4.78 is 0. The third-order valence-corrected chi connectivity index (χ3v) is 3.81. The zero-order chi connectivity index (χ0) is 12.8. The van der Waals surface area contributed by atoms with Crippen LogP contribution in [0.5, 0.6) is 0 Å². The molecule has 0 bridgehead atoms. The summed E-state index contributed by atoms with van der Waals surface area (Å²) in [6.45, 7) is 0.750. The molecule has 0 fully saturated rings. The van der Waals surface area contributed by atoms with Crippen LogP contribution in [-0.2, 0) is 6.42 Å². The lowest BCUT2D eigenvalue weighted by molar-refractivity contribution is 0.834. The molecule has 0 radical (unpaired) electrons. The van der Waals surface area contributed by atoms with Crippen molar-refractivity contribution in [2.24, 2.45) is 5.73 Å². The van der Waals surface area contributed by atoms with E-state index in [-0.39, 0.29) is 0 Å². The quantitative estimate of drug-likeness (QED) is 0.820. The van der Waals surface area contributed by atoms with E-state index >= 15 is 0 Å². The molecule has 0 aliphatic heterocycles. The van der Waals surface area contributed by atoms with E-state index in [2.05, 4.69) is 54.8 Å². The maximum Gasteiger partial charge on any atom is 0.00695 e. The molecule has 0 aliphatic carbocycles. The number of thioether (sulfide) groups is 1. The summed E-state index contributed by atoms with van der Waals surface area (Å²) in [6.07, 6.45) is 4.20. The second-order valence-corrected chi connectivity index (χ2v) is 5.16. The van der Waals surface area contributed by atoms with Crippen molar-refractivity contribution < 1.29 is 0 Å². The Bertz CT molecular complexity index is 491. The third-order valence-electron chi connectivity index (χ3n) is 3.07. The number of benzene rings is 2. The van der Waals surface area contributed by atoms with Gasteiger partial charge in [0, 0.05) is 4.90 Å². The van der Waals surface area contributed by atoms with Gasteiger partial charge in [0.1, 0.15) is 0 Å². The van der Waals surface area contributed by atoms with Crippen LogP contribution in [0.25, 0.3) is 11.1 Å². The molecule has 0 amide bonds. The molecule has 0 aromatic heterocycles. The van der Waals surface area contributed by atoms with Crippen LogP contribution in [0.4, 0.5) is 0 Å². The average molecular weight is 257 g/mol. The Morgan fingerprint density at radius 1 is 1.00 bits per heavy atom. The third kappa shape index (κ3) is 3.15. The van der Waals surface area contributed by atoms with Crippen LogP contribution in [0.2, 0.25) is 0 Å². The summed E-state index contributed by atoms with van der Waals surface area (Å²) in [7, 11) is 0. The van der Waals surface area contributed by atoms with Crippen LogP contribution in [0, 0.1) is 0 Å². The van der Waals surface area contributed by atoms with Gasteiger partial charge < -0.3 is 5.73 Å². The maximum absolute atomic E-state index is 5.60. The predicted molar refractivity (Wildman–Crippen MR) is 81.0 cm³/mol. The van der Waals surface area contributed by atoms with E-state index in [0.29, 0.717) is 0 Å². The van der Waals surface area contributed by atoms with Crippen molar-refractivity contribution >= 4 is 11.8 Å². The molecule has 0 heterocycles. The molecule has 0 saturated heterocycles. The second kappa shape index (κ2) is 6.62. The Labute approximate surface area is 113 Å². The molecule has 1 nitrogen and oxygen atoms in total. The van der Waals surface area contributed by atoms with Gasteiger partial charge in [0.05, 0.1) is 0 Å². The number of hydrogen-bond donors (Lipinski definition) is 1. The Kier molecular flexibility index (Phi) is 4.85. The molecule has 0 saturated carbocycles. The first-order valence-electron chi connectivity index (χ1n) is 6.27. The van der Waals surface area contributed by atoms with E-state index in [1.165, 1.54) is 21.6 Å². The zero-order valence-corrected chi connectivity index (χ0v) is 11.5. The topological polar surface area (TPSA) is 26.0 Å². The molecule has 0 atom stereocenters. The van der Waals surface area contributed by atoms with Crippen molar-refractivity contribution in [3.8, 4) is 11.1 Å². The van der Waals surface area contributed by atoms with E-state index in [4.69, 9.17) is 5.73 Å². The van der Waals surface area contributed by atoms with Crippen LogP contribution < -0.4 is 5.73 Å². The van der Waals surface area contributed by atoms with Gasteiger partial charge in [-0.3, -0.25) is 0 Å². The first kappa shape index (κ1) is 13.2. The molecule has 2 heteroatoms. The lowest BCUT2D eigenvalue weighted by Gasteiger charge is -2.09. The van der Waals surface area contributed by atoms with Crippen LogP contribution in [0.1, 0.15) is 12.0 Å². The number of hydrogen-bond acceptors (Lipinski definition) is 2. The van der Waals surface area contributed by atoms with Crippen molar-refractivity contribution in [1.82, 2.24) is 0 Å². The summed E-state index contributed by atoms with van der Waals surface area (Å²) in [6, 6.07) is 17.4. The average Bonchev–Trinajstić information content (AvgIpc) is 2.45. The van der Waals surface area contributed by atoms with Gasteiger partial charge in [-0.05, 0) is 54.5 Å². The molecule has 2 rings (SSSR count). The van der Waals surface area contributed by atoms with Crippen molar-refractivity contribution in [3.63, 3.8) is 0 Å². The Morgan fingerprint density at radius 2 is 1.72 bits per heavy atom. The lowest BCUT2D eigenvalue weighted by atomic mass is 9.97. The molecular formula is C16H19NS. The minimum Gasteiger partial charge on any atom is -0.330 e. The highest BCUT2D eigenvalue weighted by atomic mass is 32.2. The standard InChI is InChI=1S/C16H19NS/c1-18-15-10-8-14(9-11-15)16-7-3-2-5-13(16)6-4-12-17/h2-3,5,7-11H,4,6,12,17H2,1H3. The highest BCUT2D eigenvalue weighted by Gasteiger charge is 2.04. The van der Waals surface area contributed by atoms with E-state index in [9.17, 15) is 0 Å². The van der Waals surface area contributed by atoms with Crippen molar-refractivity contribution in [3.05, 3.63) is 54.1 Å². The van der Waals surface area contributed by atoms with Gasteiger partial charge in [0.2, 0.25) is 0 Å². The summed E-state index contributed by atoms with van der Waals surface area (Å²) in [5.74, 6) is 0. The highest BCUT2D eigenvalue weighted by molar-refractivity contribution is 7.98. The zero-order valence-electron chi connectivity index (χ0n) is 10.7. The minimum absolute atomic E-state index is 0.750. The van der Waals surface area contributed by atoms with Gasteiger partial charge in [-0.15, -0.1) is 11.8 Å². The van der Waals surface area contributed by atoms with Gasteiger partial charge >= 0.3 is 0 Å². The first-order valence-corrected chi connectivity index (χ1v) is 7.50. The largest absolute Gasteiger partial charge is 0.330 e. The number of rotatable bonds is 5. The molecule has 0 spiro atoms. The summed E-state index contributed by atoms with van der Waals surface area (Å²) in [4.78, 5) is 1.30. The van der Waals surface area contributed by atoms with E-state index in [0.717, 1.165) is 19.4 Å². The van der Waals surface area contributed by atoms with Crippen LogP contribution in [0.3, 0.4) is 0 Å². The summed E-state index contributed by atoms with van der Waals surface area (Å²) >= 11 is 1.77. The van der Waals surface area contributed by atoms with Gasteiger partial charge in [0.25, 0.3) is 0 Å². The van der Waals surface area contributed by atoms with Gasteiger partial charge in [0.15, 0.2) is 0 Å². The van der Waals surface area contributed by atoms with Crippen molar-refractivity contribution in [1.29, 1.82) is 0 Å². The van der Waals surface area contributed by atoms with E-state index < -0.39 is 0 Å². The normalized spacial score (nSPS) is 10.6. The Morgan fingerprint density at radius 3 is 2.39 bits per heavy atom. The summed E-state index contributed by atoms with van der Waals surface area (Å²) in [5, 5.41) is 0. The maximum atomic E-state index is 5.60. The van der Waals surface area contributed by atoms with Crippen molar-refractivity contribution in [2.75, 3.05) is 12.8 Å². The van der Waals surface area contributed by atoms with Crippen LogP contribution in [-0.4, -0.2) is 12.8 Å². The van der Waals surface area contributed by atoms with E-state index in [1.807, 2.05) is 0 Å². The molecular weight excluding hydrogens is 238 g/mol. The van der Waals surface area contributed by atoms with Crippen LogP contribution >= 0.6 is 11.8 Å². The number of aryl methyl sites for hydroxylation is 1. The molecule has 2 aromatic carbocycles.